The van der Waals surface area contributed by atoms with E-state index in [2.05, 4.69) is 240 Å². The van der Waals surface area contributed by atoms with Crippen LogP contribution in [0.15, 0.2) is 231 Å². The highest BCUT2D eigenvalue weighted by Gasteiger charge is 2.51. The third kappa shape index (κ3) is 5.18. The maximum absolute atomic E-state index is 2.42. The van der Waals surface area contributed by atoms with Crippen LogP contribution in [0, 0.1) is 0 Å². The Hall–Kier alpha value is -7.42. The molecule has 0 aromatic heterocycles. The van der Waals surface area contributed by atoms with Gasteiger partial charge in [0.25, 0.3) is 0 Å². The van der Waals surface area contributed by atoms with Crippen LogP contribution < -0.4 is 9.80 Å². The van der Waals surface area contributed by atoms with Gasteiger partial charge in [0.05, 0.1) is 5.41 Å². The molecule has 0 amide bonds. The van der Waals surface area contributed by atoms with Gasteiger partial charge in [-0.3, -0.25) is 0 Å². The lowest BCUT2D eigenvalue weighted by atomic mass is 9.70. The van der Waals surface area contributed by atoms with E-state index in [0.29, 0.717) is 0 Å². The standard InChI is InChI=1S/C55H38N2/c1-5-17-39(18-6-1)40-29-31-44(32-30-40)57(43-23-11-4-12-24-43)46-34-36-54-50(38-46)48-26-14-16-28-52(48)55(54)51-27-15-13-25-47(51)49-37-45(33-35-53(49)55)56(41-19-7-2-8-20-41)42-21-9-3-10-22-42/h1-38H. The van der Waals surface area contributed by atoms with Gasteiger partial charge in [-0.15, -0.1) is 0 Å². The Bertz CT molecular complexity index is 2850. The molecule has 0 saturated carbocycles. The molecule has 2 aliphatic carbocycles. The lowest BCUT2D eigenvalue weighted by Gasteiger charge is -2.32. The Labute approximate surface area is 334 Å². The Balaban J connectivity index is 1.09. The van der Waals surface area contributed by atoms with E-state index in [1.807, 2.05) is 0 Å². The number of para-hydroxylation sites is 3. The molecule has 0 radical (unpaired) electrons. The first-order valence-electron chi connectivity index (χ1n) is 19.7. The van der Waals surface area contributed by atoms with Gasteiger partial charge in [-0.25, -0.2) is 0 Å². The fourth-order valence-electron chi connectivity index (χ4n) is 9.46. The van der Waals surface area contributed by atoms with Gasteiger partial charge in [-0.05, 0) is 128 Å². The molecule has 2 nitrogen and oxygen atoms in total. The molecule has 9 aromatic carbocycles. The second-order valence-electron chi connectivity index (χ2n) is 14.9. The van der Waals surface area contributed by atoms with Crippen LogP contribution in [0.25, 0.3) is 33.4 Å². The van der Waals surface area contributed by atoms with Crippen LogP contribution in [0.2, 0.25) is 0 Å². The zero-order valence-corrected chi connectivity index (χ0v) is 31.3. The smallest absolute Gasteiger partial charge is 0.0725 e. The molecule has 0 N–H and O–H groups in total. The lowest BCUT2D eigenvalue weighted by molar-refractivity contribution is 0.793. The van der Waals surface area contributed by atoms with Gasteiger partial charge < -0.3 is 9.80 Å². The van der Waals surface area contributed by atoms with Crippen molar-refractivity contribution in [2.45, 2.75) is 5.41 Å². The second kappa shape index (κ2) is 13.4. The van der Waals surface area contributed by atoms with Crippen molar-refractivity contribution < 1.29 is 0 Å². The zero-order valence-electron chi connectivity index (χ0n) is 31.3. The van der Waals surface area contributed by atoms with Crippen LogP contribution in [0.5, 0.6) is 0 Å². The average molecular weight is 727 g/mol. The highest BCUT2D eigenvalue weighted by atomic mass is 15.1. The molecule has 2 aliphatic rings. The topological polar surface area (TPSA) is 6.48 Å². The van der Waals surface area contributed by atoms with Gasteiger partial charge in [0.15, 0.2) is 0 Å². The first kappa shape index (κ1) is 33.0. The Kier molecular flexibility index (Phi) is 7.75. The lowest BCUT2D eigenvalue weighted by Crippen LogP contribution is -2.26. The third-order valence-electron chi connectivity index (χ3n) is 11.8. The summed E-state index contributed by atoms with van der Waals surface area (Å²) in [5.74, 6) is 0. The summed E-state index contributed by atoms with van der Waals surface area (Å²) in [4.78, 5) is 4.74. The maximum Gasteiger partial charge on any atom is 0.0725 e. The summed E-state index contributed by atoms with van der Waals surface area (Å²) in [7, 11) is 0. The highest BCUT2D eigenvalue weighted by Crippen LogP contribution is 2.63. The van der Waals surface area contributed by atoms with Crippen molar-refractivity contribution in [3.8, 4) is 33.4 Å². The molecule has 268 valence electrons. The van der Waals surface area contributed by atoms with Crippen LogP contribution in [0.4, 0.5) is 34.1 Å². The van der Waals surface area contributed by atoms with Crippen molar-refractivity contribution in [1.82, 2.24) is 0 Å². The summed E-state index contributed by atoms with van der Waals surface area (Å²) in [6.07, 6.45) is 0. The number of nitrogens with zero attached hydrogens (tertiary/aromatic N) is 2. The van der Waals surface area contributed by atoms with Gasteiger partial charge in [0.1, 0.15) is 0 Å². The third-order valence-corrected chi connectivity index (χ3v) is 11.8. The molecule has 0 bridgehead atoms. The van der Waals surface area contributed by atoms with Gasteiger partial charge >= 0.3 is 0 Å². The van der Waals surface area contributed by atoms with Gasteiger partial charge in [-0.1, -0.05) is 158 Å². The molecule has 1 atom stereocenters. The minimum atomic E-state index is -0.450. The Morgan fingerprint density at radius 1 is 0.228 bits per heavy atom. The summed E-state index contributed by atoms with van der Waals surface area (Å²) < 4.78 is 0. The molecule has 1 spiro atoms. The molecule has 11 rings (SSSR count). The number of benzene rings is 9. The van der Waals surface area contributed by atoms with Gasteiger partial charge in [0, 0.05) is 34.1 Å². The first-order chi connectivity index (χ1) is 28.3. The number of anilines is 6. The molecular formula is C55H38N2. The maximum atomic E-state index is 2.42. The van der Waals surface area contributed by atoms with E-state index in [4.69, 9.17) is 0 Å². The predicted octanol–water partition coefficient (Wildman–Crippen LogP) is 14.6. The molecular weight excluding hydrogens is 689 g/mol. The van der Waals surface area contributed by atoms with E-state index in [0.717, 1.165) is 34.1 Å². The second-order valence-corrected chi connectivity index (χ2v) is 14.9. The van der Waals surface area contributed by atoms with E-state index in [9.17, 15) is 0 Å². The summed E-state index contributed by atoms with van der Waals surface area (Å²) in [5.41, 5.74) is 19.1. The minimum absolute atomic E-state index is 0.450. The van der Waals surface area contributed by atoms with Crippen molar-refractivity contribution in [2.24, 2.45) is 0 Å². The molecule has 57 heavy (non-hydrogen) atoms. The van der Waals surface area contributed by atoms with Crippen molar-refractivity contribution in [3.05, 3.63) is 253 Å². The first-order valence-corrected chi connectivity index (χ1v) is 19.7. The fraction of sp³-hybridized carbons (Fsp3) is 0.0182. The summed E-state index contributed by atoms with van der Waals surface area (Å²) in [6.45, 7) is 0. The molecule has 9 aromatic rings. The monoisotopic (exact) mass is 726 g/mol. The molecule has 0 fully saturated rings. The van der Waals surface area contributed by atoms with Crippen molar-refractivity contribution in [2.75, 3.05) is 9.80 Å². The normalized spacial score (nSPS) is 14.4. The largest absolute Gasteiger partial charge is 0.310 e. The predicted molar refractivity (Wildman–Crippen MR) is 238 cm³/mol. The van der Waals surface area contributed by atoms with Gasteiger partial charge in [-0.2, -0.15) is 0 Å². The van der Waals surface area contributed by atoms with Crippen LogP contribution >= 0.6 is 0 Å². The van der Waals surface area contributed by atoms with Crippen molar-refractivity contribution >= 4 is 34.1 Å². The van der Waals surface area contributed by atoms with Crippen LogP contribution in [-0.4, -0.2) is 0 Å². The quantitative estimate of drug-likeness (QED) is 0.161. The van der Waals surface area contributed by atoms with Crippen LogP contribution in [-0.2, 0) is 5.41 Å². The van der Waals surface area contributed by atoms with E-state index in [1.54, 1.807) is 0 Å². The average Bonchev–Trinajstić information content (AvgIpc) is 3.75. The summed E-state index contributed by atoms with van der Waals surface area (Å²) in [6, 6.07) is 84.0. The fourth-order valence-corrected chi connectivity index (χ4v) is 9.46. The zero-order chi connectivity index (χ0) is 37.8. The van der Waals surface area contributed by atoms with Gasteiger partial charge in [0.2, 0.25) is 0 Å². The number of fused-ring (bicyclic) bond motifs is 10. The van der Waals surface area contributed by atoms with Crippen LogP contribution in [0.3, 0.4) is 0 Å². The van der Waals surface area contributed by atoms with E-state index >= 15 is 0 Å². The number of hydrogen-bond acceptors (Lipinski definition) is 2. The Morgan fingerprint density at radius 3 is 0.982 bits per heavy atom. The van der Waals surface area contributed by atoms with Crippen molar-refractivity contribution in [3.63, 3.8) is 0 Å². The van der Waals surface area contributed by atoms with Crippen LogP contribution in [0.1, 0.15) is 22.3 Å². The van der Waals surface area contributed by atoms with E-state index in [-0.39, 0.29) is 0 Å². The van der Waals surface area contributed by atoms with Crippen molar-refractivity contribution in [1.29, 1.82) is 0 Å². The van der Waals surface area contributed by atoms with E-state index < -0.39 is 5.41 Å². The molecule has 0 heterocycles. The summed E-state index contributed by atoms with van der Waals surface area (Å²) >= 11 is 0. The number of hydrogen-bond donors (Lipinski definition) is 0. The summed E-state index contributed by atoms with van der Waals surface area (Å²) in [5, 5.41) is 0. The molecule has 0 saturated heterocycles. The minimum Gasteiger partial charge on any atom is -0.310 e. The molecule has 0 aliphatic heterocycles. The number of rotatable bonds is 7. The Morgan fingerprint density at radius 2 is 0.544 bits per heavy atom. The molecule has 1 unspecified atom stereocenters. The SMILES string of the molecule is c1ccc(-c2ccc(N(c3ccccc3)c3ccc4c(c3)-c3ccccc3C43c4ccccc4-c4cc(N(c5ccccc5)c5ccccc5)ccc43)cc2)cc1. The van der Waals surface area contributed by atoms with E-state index in [1.165, 1.54) is 55.6 Å². The molecule has 2 heteroatoms. The highest BCUT2D eigenvalue weighted by molar-refractivity contribution is 5.97.